The Kier molecular flexibility index (Phi) is 4.79. The summed E-state index contributed by atoms with van der Waals surface area (Å²) in [7, 11) is 1.33. The van der Waals surface area contributed by atoms with Crippen LogP contribution in [0.15, 0.2) is 35.1 Å². The summed E-state index contributed by atoms with van der Waals surface area (Å²) >= 11 is 0. The average Bonchev–Trinajstić information content (AvgIpc) is 2.55. The quantitative estimate of drug-likeness (QED) is 0.751. The number of hydrogen-bond acceptors (Lipinski definition) is 4. The third-order valence-electron chi connectivity index (χ3n) is 2.97. The van der Waals surface area contributed by atoms with Gasteiger partial charge in [0.2, 0.25) is 5.91 Å². The van der Waals surface area contributed by atoms with Gasteiger partial charge < -0.3 is 10.6 Å². The molecule has 7 nitrogen and oxygen atoms in total. The van der Waals surface area contributed by atoms with Crippen LogP contribution in [-0.4, -0.2) is 29.1 Å². The number of nitrogens with zero attached hydrogens (tertiary/aromatic N) is 1. The highest BCUT2D eigenvalue weighted by atomic mass is 19.2. The predicted molar refractivity (Wildman–Crippen MR) is 75.5 cm³/mol. The molecule has 0 aliphatic rings. The van der Waals surface area contributed by atoms with Gasteiger partial charge in [-0.15, -0.1) is 0 Å². The lowest BCUT2D eigenvalue weighted by Crippen LogP contribution is -2.39. The average molecular weight is 322 g/mol. The van der Waals surface area contributed by atoms with Crippen LogP contribution in [0.25, 0.3) is 0 Å². The van der Waals surface area contributed by atoms with Crippen molar-refractivity contribution in [1.29, 1.82) is 0 Å². The highest BCUT2D eigenvalue weighted by Crippen LogP contribution is 2.17. The smallest absolute Gasteiger partial charge is 0.272 e. The summed E-state index contributed by atoms with van der Waals surface area (Å²) in [5.41, 5.74) is -0.577. The van der Waals surface area contributed by atoms with Gasteiger partial charge in [0.25, 0.3) is 11.5 Å². The molecule has 1 aromatic heterocycles. The Labute approximate surface area is 128 Å². The van der Waals surface area contributed by atoms with Gasteiger partial charge in [0.15, 0.2) is 11.6 Å². The number of halogens is 2. The molecule has 0 aliphatic carbocycles. The lowest BCUT2D eigenvalue weighted by Gasteiger charge is -2.17. The Balaban J connectivity index is 2.30. The van der Waals surface area contributed by atoms with Crippen LogP contribution in [0.3, 0.4) is 0 Å². The topological polar surface area (TPSA) is 104 Å². The minimum absolute atomic E-state index is 0.0565. The molecule has 2 rings (SSSR count). The Morgan fingerprint density at radius 2 is 1.91 bits per heavy atom. The molecule has 1 atom stereocenters. The van der Waals surface area contributed by atoms with Gasteiger partial charge in [-0.05, 0) is 23.8 Å². The molecular weight excluding hydrogens is 310 g/mol. The summed E-state index contributed by atoms with van der Waals surface area (Å²) in [4.78, 5) is 34.9. The number of benzene rings is 1. The number of hydrogen-bond donors (Lipinski definition) is 3. The number of H-pyrrole nitrogens is 1. The van der Waals surface area contributed by atoms with Gasteiger partial charge in [-0.1, -0.05) is 6.07 Å². The monoisotopic (exact) mass is 322 g/mol. The largest absolute Gasteiger partial charge is 0.357 e. The van der Waals surface area contributed by atoms with E-state index in [0.29, 0.717) is 0 Å². The molecule has 0 unspecified atom stereocenters. The number of carbonyl (C=O) groups excluding carboxylic acids is 2. The van der Waals surface area contributed by atoms with Gasteiger partial charge in [-0.2, -0.15) is 5.10 Å². The van der Waals surface area contributed by atoms with E-state index in [1.165, 1.54) is 19.2 Å². The van der Waals surface area contributed by atoms with Crippen molar-refractivity contribution in [2.45, 2.75) is 6.04 Å². The number of aromatic amines is 1. The van der Waals surface area contributed by atoms with Gasteiger partial charge >= 0.3 is 0 Å². The third kappa shape index (κ3) is 3.76. The Morgan fingerprint density at radius 3 is 2.48 bits per heavy atom. The summed E-state index contributed by atoms with van der Waals surface area (Å²) in [6.45, 7) is 0. The zero-order valence-electron chi connectivity index (χ0n) is 11.9. The summed E-state index contributed by atoms with van der Waals surface area (Å²) in [6.07, 6.45) is 0. The van der Waals surface area contributed by atoms with Crippen molar-refractivity contribution in [1.82, 2.24) is 20.8 Å². The molecule has 1 aromatic carbocycles. The van der Waals surface area contributed by atoms with E-state index in [4.69, 9.17) is 0 Å². The zero-order valence-corrected chi connectivity index (χ0v) is 11.9. The van der Waals surface area contributed by atoms with Crippen molar-refractivity contribution in [3.05, 3.63) is 63.6 Å². The first-order valence-electron chi connectivity index (χ1n) is 6.45. The van der Waals surface area contributed by atoms with Crippen LogP contribution < -0.4 is 16.2 Å². The number of amides is 2. The van der Waals surface area contributed by atoms with Crippen molar-refractivity contribution in [2.24, 2.45) is 0 Å². The second-order valence-corrected chi connectivity index (χ2v) is 4.50. The molecular formula is C14H12F2N4O3. The van der Waals surface area contributed by atoms with Crippen LogP contribution in [0.2, 0.25) is 0 Å². The first-order chi connectivity index (χ1) is 10.9. The van der Waals surface area contributed by atoms with Crippen LogP contribution >= 0.6 is 0 Å². The maximum Gasteiger partial charge on any atom is 0.272 e. The number of carbonyl (C=O) groups is 2. The van der Waals surface area contributed by atoms with Crippen molar-refractivity contribution < 1.29 is 18.4 Å². The fourth-order valence-electron chi connectivity index (χ4n) is 1.81. The van der Waals surface area contributed by atoms with Crippen molar-refractivity contribution >= 4 is 11.8 Å². The van der Waals surface area contributed by atoms with E-state index >= 15 is 0 Å². The highest BCUT2D eigenvalue weighted by Gasteiger charge is 2.24. The summed E-state index contributed by atoms with van der Waals surface area (Å²) in [6, 6.07) is 3.85. The fraction of sp³-hybridized carbons (Fsp3) is 0.143. The van der Waals surface area contributed by atoms with Crippen LogP contribution in [0, 0.1) is 11.6 Å². The standard InChI is InChI=1S/C14H12F2N4O3/c1-17-14(23)12(7-2-3-8(15)9(16)6-7)18-13(22)10-4-5-11(21)20-19-10/h2-6,12H,1H3,(H,17,23)(H,18,22)(H,20,21)/t12-/m0/s1. The Hall–Kier alpha value is -3.10. The van der Waals surface area contributed by atoms with Gasteiger partial charge in [-0.3, -0.25) is 14.4 Å². The zero-order chi connectivity index (χ0) is 17.0. The molecule has 0 aliphatic heterocycles. The molecule has 0 saturated heterocycles. The lowest BCUT2D eigenvalue weighted by molar-refractivity contribution is -0.122. The van der Waals surface area contributed by atoms with Crippen molar-refractivity contribution in [2.75, 3.05) is 7.05 Å². The van der Waals surface area contributed by atoms with E-state index in [-0.39, 0.29) is 11.3 Å². The van der Waals surface area contributed by atoms with E-state index in [0.717, 1.165) is 18.2 Å². The maximum atomic E-state index is 13.3. The van der Waals surface area contributed by atoms with Crippen molar-refractivity contribution in [3.8, 4) is 0 Å². The number of likely N-dealkylation sites (N-methyl/N-ethyl adjacent to an activating group) is 1. The van der Waals surface area contributed by atoms with Gasteiger partial charge in [-0.25, -0.2) is 13.9 Å². The molecule has 2 amide bonds. The molecule has 0 radical (unpaired) electrons. The van der Waals surface area contributed by atoms with Crippen LogP contribution in [0.5, 0.6) is 0 Å². The van der Waals surface area contributed by atoms with Crippen LogP contribution in [0.1, 0.15) is 22.1 Å². The SMILES string of the molecule is CNC(=O)[C@@H](NC(=O)c1ccc(=O)[nH]n1)c1ccc(F)c(F)c1. The molecule has 3 N–H and O–H groups in total. The number of rotatable bonds is 4. The van der Waals surface area contributed by atoms with Gasteiger partial charge in [0.1, 0.15) is 11.7 Å². The third-order valence-corrected chi connectivity index (χ3v) is 2.97. The van der Waals surface area contributed by atoms with Crippen LogP contribution in [-0.2, 0) is 4.79 Å². The van der Waals surface area contributed by atoms with Gasteiger partial charge in [0, 0.05) is 13.1 Å². The minimum Gasteiger partial charge on any atom is -0.357 e. The van der Waals surface area contributed by atoms with Crippen LogP contribution in [0.4, 0.5) is 8.78 Å². The summed E-state index contributed by atoms with van der Waals surface area (Å²) in [5.74, 6) is -3.61. The number of nitrogens with one attached hydrogen (secondary N) is 3. The van der Waals surface area contributed by atoms with Gasteiger partial charge in [0.05, 0.1) is 0 Å². The molecule has 120 valence electrons. The highest BCUT2D eigenvalue weighted by molar-refractivity contribution is 5.96. The van der Waals surface area contributed by atoms with E-state index in [2.05, 4.69) is 20.8 Å². The fourth-order valence-corrected chi connectivity index (χ4v) is 1.81. The molecule has 2 aromatic rings. The first kappa shape index (κ1) is 16.3. The second kappa shape index (κ2) is 6.77. The maximum absolute atomic E-state index is 13.3. The van der Waals surface area contributed by atoms with E-state index in [1.807, 2.05) is 0 Å². The first-order valence-corrected chi connectivity index (χ1v) is 6.45. The molecule has 0 bridgehead atoms. The Bertz CT molecular complexity index is 786. The molecule has 9 heteroatoms. The molecule has 1 heterocycles. The molecule has 0 saturated carbocycles. The molecule has 23 heavy (non-hydrogen) atoms. The van der Waals surface area contributed by atoms with E-state index in [1.54, 1.807) is 0 Å². The minimum atomic E-state index is -1.25. The molecule has 0 fully saturated rings. The summed E-state index contributed by atoms with van der Waals surface area (Å²) in [5, 5.41) is 10.3. The summed E-state index contributed by atoms with van der Waals surface area (Å²) < 4.78 is 26.3. The predicted octanol–water partition coefficient (Wildman–Crippen LogP) is 0.265. The van der Waals surface area contributed by atoms with Crippen molar-refractivity contribution in [3.63, 3.8) is 0 Å². The Morgan fingerprint density at radius 1 is 1.17 bits per heavy atom. The van der Waals surface area contributed by atoms with E-state index in [9.17, 15) is 23.2 Å². The normalized spacial score (nSPS) is 11.6. The second-order valence-electron chi connectivity index (χ2n) is 4.50. The number of aromatic nitrogens is 2. The molecule has 0 spiro atoms. The van der Waals surface area contributed by atoms with E-state index < -0.39 is 35.0 Å². The lowest BCUT2D eigenvalue weighted by atomic mass is 10.1.